The van der Waals surface area contributed by atoms with E-state index in [9.17, 15) is 5.11 Å². The van der Waals surface area contributed by atoms with Crippen molar-refractivity contribution in [3.05, 3.63) is 72.7 Å². The molecule has 0 atom stereocenters. The van der Waals surface area contributed by atoms with Crippen LogP contribution in [0.25, 0.3) is 32.9 Å². The van der Waals surface area contributed by atoms with E-state index in [0.717, 1.165) is 50.0 Å². The van der Waals surface area contributed by atoms with Gasteiger partial charge in [0.2, 0.25) is 0 Å². The molecule has 3 heterocycles. The molecule has 1 saturated carbocycles. The second-order valence-corrected chi connectivity index (χ2v) is 12.4. The molecule has 0 bridgehead atoms. The molecule has 0 radical (unpaired) electrons. The summed E-state index contributed by atoms with van der Waals surface area (Å²) in [7, 11) is 0. The Bertz CT molecular complexity index is 1630. The van der Waals surface area contributed by atoms with Gasteiger partial charge in [-0.3, -0.25) is 14.4 Å². The number of aliphatic hydroxyl groups is 1. The van der Waals surface area contributed by atoms with Crippen molar-refractivity contribution < 1.29 is 5.11 Å². The number of nitrogens with zero attached hydrogens (tertiary/aromatic N) is 4. The van der Waals surface area contributed by atoms with Crippen LogP contribution in [0.5, 0.6) is 0 Å². The summed E-state index contributed by atoms with van der Waals surface area (Å²) in [6.45, 7) is 6.13. The third kappa shape index (κ3) is 5.84. The molecule has 0 aliphatic heterocycles. The number of hydrogen-bond acceptors (Lipinski definition) is 7. The van der Waals surface area contributed by atoms with Gasteiger partial charge in [-0.05, 0) is 93.6 Å². The van der Waals surface area contributed by atoms with Gasteiger partial charge in [0.15, 0.2) is 0 Å². The lowest BCUT2D eigenvalue weighted by Gasteiger charge is -2.22. The maximum atomic E-state index is 10.3. The van der Waals surface area contributed by atoms with E-state index in [0.29, 0.717) is 12.6 Å². The number of aromatic nitrogens is 4. The van der Waals surface area contributed by atoms with Crippen molar-refractivity contribution in [2.24, 2.45) is 0 Å². The van der Waals surface area contributed by atoms with Crippen molar-refractivity contribution in [1.82, 2.24) is 24.5 Å². The second-order valence-electron chi connectivity index (χ2n) is 11.4. The van der Waals surface area contributed by atoms with E-state index < -0.39 is 5.60 Å². The highest BCUT2D eigenvalue weighted by molar-refractivity contribution is 7.97. The van der Waals surface area contributed by atoms with Crippen LogP contribution >= 0.6 is 11.9 Å². The van der Waals surface area contributed by atoms with E-state index in [2.05, 4.69) is 69.5 Å². The van der Waals surface area contributed by atoms with Crippen LogP contribution in [0, 0.1) is 6.92 Å². The number of hydrogen-bond donors (Lipinski definition) is 3. The summed E-state index contributed by atoms with van der Waals surface area (Å²) in [6.07, 6.45) is 12.2. The number of rotatable bonds is 8. The maximum absolute atomic E-state index is 10.3. The lowest BCUT2D eigenvalue weighted by atomic mass is 9.96. The van der Waals surface area contributed by atoms with Gasteiger partial charge in [0.1, 0.15) is 5.82 Å². The SMILES string of the molecule is Cc1c(-c2nccc3cnc(Nc4ccc(SNC5CCCCC5)cc4)cc23)ccc2c1cnn2CC(C)(C)O. The van der Waals surface area contributed by atoms with Crippen LogP contribution in [0.15, 0.2) is 72.0 Å². The number of nitrogens with one attached hydrogen (secondary N) is 2. The fourth-order valence-corrected chi connectivity index (χ4v) is 6.33. The molecule has 1 aliphatic rings. The van der Waals surface area contributed by atoms with E-state index >= 15 is 0 Å². The normalized spacial score (nSPS) is 14.7. The molecule has 6 rings (SSSR count). The molecule has 1 aliphatic carbocycles. The van der Waals surface area contributed by atoms with Gasteiger partial charge in [0, 0.05) is 50.7 Å². The average Bonchev–Trinajstić information content (AvgIpc) is 3.35. The summed E-state index contributed by atoms with van der Waals surface area (Å²) in [5.41, 5.74) is 4.24. The molecule has 8 heteroatoms. The van der Waals surface area contributed by atoms with Gasteiger partial charge >= 0.3 is 0 Å². The van der Waals surface area contributed by atoms with E-state index in [1.807, 2.05) is 29.3 Å². The highest BCUT2D eigenvalue weighted by Crippen LogP contribution is 2.34. The van der Waals surface area contributed by atoms with Crippen LogP contribution < -0.4 is 10.0 Å². The van der Waals surface area contributed by atoms with Crippen molar-refractivity contribution in [3.63, 3.8) is 0 Å². The standard InChI is InChI=1S/C32H36N6OS/c1-21-26(13-14-29-28(21)19-35-38(29)20-32(2,3)39)31-27-17-30(34-18-22(27)15-16-33-31)36-23-9-11-25(12-10-23)40-37-24-7-5-4-6-8-24/h9-19,24,37,39H,4-8,20H2,1-3H3,(H,34,36). The lowest BCUT2D eigenvalue weighted by molar-refractivity contribution is 0.0591. The van der Waals surface area contributed by atoms with Gasteiger partial charge < -0.3 is 10.4 Å². The van der Waals surface area contributed by atoms with Crippen molar-refractivity contribution in [2.75, 3.05) is 5.32 Å². The minimum atomic E-state index is -0.843. The Labute approximate surface area is 239 Å². The molecule has 1 fully saturated rings. The highest BCUT2D eigenvalue weighted by atomic mass is 32.2. The first-order valence-electron chi connectivity index (χ1n) is 14.1. The average molecular weight is 553 g/mol. The summed E-state index contributed by atoms with van der Waals surface area (Å²) in [6, 6.07) is 17.4. The molecule has 3 N–H and O–H groups in total. The smallest absolute Gasteiger partial charge is 0.130 e. The first-order valence-corrected chi connectivity index (χ1v) is 14.9. The maximum Gasteiger partial charge on any atom is 0.130 e. The summed E-state index contributed by atoms with van der Waals surface area (Å²) in [5.74, 6) is 0.777. The monoisotopic (exact) mass is 552 g/mol. The van der Waals surface area contributed by atoms with Crippen LogP contribution in [0.3, 0.4) is 0 Å². The van der Waals surface area contributed by atoms with Gasteiger partial charge in [-0.15, -0.1) is 0 Å². The van der Waals surface area contributed by atoms with Gasteiger partial charge in [-0.2, -0.15) is 5.10 Å². The lowest BCUT2D eigenvalue weighted by Crippen LogP contribution is -2.26. The quantitative estimate of drug-likeness (QED) is 0.173. The molecule has 7 nitrogen and oxygen atoms in total. The summed E-state index contributed by atoms with van der Waals surface area (Å²) in [4.78, 5) is 10.7. The predicted octanol–water partition coefficient (Wildman–Crippen LogP) is 7.40. The molecule has 5 aromatic rings. The molecule has 206 valence electrons. The number of aryl methyl sites for hydroxylation is 1. The van der Waals surface area contributed by atoms with E-state index in [-0.39, 0.29) is 0 Å². The number of benzene rings is 2. The number of pyridine rings is 2. The summed E-state index contributed by atoms with van der Waals surface area (Å²) >= 11 is 1.73. The fourth-order valence-electron chi connectivity index (χ4n) is 5.52. The third-order valence-electron chi connectivity index (χ3n) is 7.61. The Balaban J connectivity index is 1.24. The second kappa shape index (κ2) is 11.2. The molecular formula is C32H36N6OS. The first-order chi connectivity index (χ1) is 19.3. The Morgan fingerprint density at radius 3 is 2.55 bits per heavy atom. The zero-order valence-corrected chi connectivity index (χ0v) is 24.1. The zero-order valence-electron chi connectivity index (χ0n) is 23.3. The Morgan fingerprint density at radius 1 is 0.975 bits per heavy atom. The molecule has 0 saturated heterocycles. The van der Waals surface area contributed by atoms with Crippen LogP contribution in [0.1, 0.15) is 51.5 Å². The van der Waals surface area contributed by atoms with Crippen molar-refractivity contribution >= 4 is 45.1 Å². The highest BCUT2D eigenvalue weighted by Gasteiger charge is 2.18. The molecule has 0 amide bonds. The number of fused-ring (bicyclic) bond motifs is 2. The largest absolute Gasteiger partial charge is 0.389 e. The molecular weight excluding hydrogens is 516 g/mol. The number of anilines is 2. The summed E-state index contributed by atoms with van der Waals surface area (Å²) in [5, 5.41) is 21.5. The van der Waals surface area contributed by atoms with Crippen LogP contribution in [0.2, 0.25) is 0 Å². The van der Waals surface area contributed by atoms with E-state index in [4.69, 9.17) is 4.98 Å². The minimum Gasteiger partial charge on any atom is -0.389 e. The fraction of sp³-hybridized carbons (Fsp3) is 0.344. The first kappa shape index (κ1) is 26.7. The third-order valence-corrected chi connectivity index (χ3v) is 8.57. The van der Waals surface area contributed by atoms with Crippen LogP contribution in [0.4, 0.5) is 11.5 Å². The van der Waals surface area contributed by atoms with Crippen LogP contribution in [-0.4, -0.2) is 36.5 Å². The van der Waals surface area contributed by atoms with Gasteiger partial charge in [0.05, 0.1) is 29.6 Å². The molecule has 2 aromatic carbocycles. The van der Waals surface area contributed by atoms with Gasteiger partial charge in [0.25, 0.3) is 0 Å². The van der Waals surface area contributed by atoms with Crippen LogP contribution in [-0.2, 0) is 6.54 Å². The van der Waals surface area contributed by atoms with Gasteiger partial charge in [-0.1, -0.05) is 25.3 Å². The van der Waals surface area contributed by atoms with Crippen molar-refractivity contribution in [2.45, 2.75) is 76.0 Å². The molecule has 0 spiro atoms. The van der Waals surface area contributed by atoms with E-state index in [1.54, 1.807) is 25.8 Å². The molecule has 0 unspecified atom stereocenters. The Kier molecular flexibility index (Phi) is 7.49. The molecule has 3 aromatic heterocycles. The van der Waals surface area contributed by atoms with Gasteiger partial charge in [-0.25, -0.2) is 4.98 Å². The van der Waals surface area contributed by atoms with E-state index in [1.165, 1.54) is 37.0 Å². The zero-order chi connectivity index (χ0) is 27.7. The summed E-state index contributed by atoms with van der Waals surface area (Å²) < 4.78 is 5.50. The minimum absolute atomic E-state index is 0.430. The Hall–Kier alpha value is -3.46. The van der Waals surface area contributed by atoms with Crippen molar-refractivity contribution in [3.8, 4) is 11.3 Å². The predicted molar refractivity (Wildman–Crippen MR) is 165 cm³/mol. The molecule has 40 heavy (non-hydrogen) atoms. The Morgan fingerprint density at radius 2 is 1.77 bits per heavy atom. The van der Waals surface area contributed by atoms with Crippen molar-refractivity contribution in [1.29, 1.82) is 0 Å². The topological polar surface area (TPSA) is 87.9 Å².